The molecule has 0 aliphatic rings. The van der Waals surface area contributed by atoms with Crippen LogP contribution < -0.4 is 15.4 Å². The third-order valence-electron chi connectivity index (χ3n) is 6.04. The predicted octanol–water partition coefficient (Wildman–Crippen LogP) is 6.57. The van der Waals surface area contributed by atoms with Crippen LogP contribution in [0.3, 0.4) is 0 Å². The number of methoxy groups -OCH3 is 1. The maximum atomic E-state index is 13.9. The second kappa shape index (κ2) is 11.7. The normalized spacial score (nSPS) is 13.1. The molecule has 6 nitrogen and oxygen atoms in total. The quantitative estimate of drug-likeness (QED) is 0.251. The third-order valence-corrected chi connectivity index (χ3v) is 7.14. The van der Waals surface area contributed by atoms with Gasteiger partial charge in [-0.25, -0.2) is 4.98 Å². The van der Waals surface area contributed by atoms with E-state index in [0.717, 1.165) is 22.5 Å². The molecule has 2 heterocycles. The Morgan fingerprint density at radius 1 is 1.00 bits per heavy atom. The number of halogens is 3. The number of thiazole rings is 1. The number of nitrogens with zero attached hydrogens (tertiary/aromatic N) is 2. The number of ether oxygens (including phenoxy) is 1. The zero-order valence-electron chi connectivity index (χ0n) is 21.0. The average Bonchev–Trinajstić information content (AvgIpc) is 3.39. The van der Waals surface area contributed by atoms with E-state index >= 15 is 0 Å². The predicted molar refractivity (Wildman–Crippen MR) is 141 cm³/mol. The monoisotopic (exact) mass is 540 g/mol. The highest BCUT2D eigenvalue weighted by molar-refractivity contribution is 7.17. The van der Waals surface area contributed by atoms with E-state index < -0.39 is 28.7 Å². The number of amides is 1. The van der Waals surface area contributed by atoms with Gasteiger partial charge in [-0.1, -0.05) is 30.3 Å². The van der Waals surface area contributed by atoms with Crippen molar-refractivity contribution >= 4 is 17.2 Å². The third kappa shape index (κ3) is 6.56. The highest BCUT2D eigenvalue weighted by atomic mass is 32.1. The Balaban J connectivity index is 1.54. The number of rotatable bonds is 9. The summed E-state index contributed by atoms with van der Waals surface area (Å²) in [6.45, 7) is 4.22. The molecule has 2 N–H and O–H groups in total. The van der Waals surface area contributed by atoms with Gasteiger partial charge in [0, 0.05) is 30.5 Å². The van der Waals surface area contributed by atoms with Gasteiger partial charge in [-0.2, -0.15) is 13.2 Å². The lowest BCUT2D eigenvalue weighted by molar-refractivity contribution is -0.141. The van der Waals surface area contributed by atoms with Gasteiger partial charge in [0.2, 0.25) is 0 Å². The van der Waals surface area contributed by atoms with Crippen molar-refractivity contribution in [1.82, 2.24) is 20.6 Å². The van der Waals surface area contributed by atoms with Gasteiger partial charge in [0.25, 0.3) is 5.91 Å². The molecule has 2 aromatic carbocycles. The van der Waals surface area contributed by atoms with Crippen LogP contribution in [0.15, 0.2) is 73.1 Å². The fraction of sp³-hybridized carbons (Fsp3) is 0.250. The molecule has 0 aliphatic heterocycles. The number of benzene rings is 2. The van der Waals surface area contributed by atoms with Crippen LogP contribution >= 0.6 is 11.3 Å². The first kappa shape index (κ1) is 27.3. The van der Waals surface area contributed by atoms with E-state index in [2.05, 4.69) is 20.6 Å². The molecule has 2 unspecified atom stereocenters. The lowest BCUT2D eigenvalue weighted by atomic mass is 10.1. The van der Waals surface area contributed by atoms with Gasteiger partial charge in [-0.3, -0.25) is 9.78 Å². The minimum Gasteiger partial charge on any atom is -0.497 e. The van der Waals surface area contributed by atoms with Crippen molar-refractivity contribution in [2.24, 2.45) is 0 Å². The Morgan fingerprint density at radius 3 is 2.45 bits per heavy atom. The van der Waals surface area contributed by atoms with Gasteiger partial charge < -0.3 is 15.4 Å². The van der Waals surface area contributed by atoms with Crippen molar-refractivity contribution in [3.63, 3.8) is 0 Å². The summed E-state index contributed by atoms with van der Waals surface area (Å²) < 4.78 is 46.8. The van der Waals surface area contributed by atoms with Gasteiger partial charge in [0.05, 0.1) is 13.2 Å². The standard InChI is InChI=1S/C28H27F3N4O2S/c1-17(20-10-12-32-13-11-20)33-16-19-6-4-8-22(14-19)27-35-25(28(29,30)31)24(38-27)26(36)34-18(2)21-7-5-9-23(15-21)37-3/h4-15,17-18,33H,16H2,1-3H3,(H,34,36). The molecule has 10 heteroatoms. The highest BCUT2D eigenvalue weighted by Gasteiger charge is 2.40. The fourth-order valence-electron chi connectivity index (χ4n) is 3.90. The number of carbonyl (C=O) groups excluding carboxylic acids is 1. The van der Waals surface area contributed by atoms with Gasteiger partial charge in [0.15, 0.2) is 5.69 Å². The number of nitrogens with one attached hydrogen (secondary N) is 2. The second-order valence-corrected chi connectivity index (χ2v) is 9.75. The SMILES string of the molecule is COc1cccc(C(C)NC(=O)c2sc(-c3cccc(CNC(C)c4ccncc4)c3)nc2C(F)(F)F)c1. The molecule has 0 aliphatic carbocycles. The lowest BCUT2D eigenvalue weighted by Crippen LogP contribution is -2.28. The zero-order chi connectivity index (χ0) is 27.3. The summed E-state index contributed by atoms with van der Waals surface area (Å²) in [7, 11) is 1.52. The van der Waals surface area contributed by atoms with Crippen LogP contribution in [0.5, 0.6) is 5.75 Å². The number of aromatic nitrogens is 2. The van der Waals surface area contributed by atoms with Crippen molar-refractivity contribution in [3.8, 4) is 16.3 Å². The molecule has 2 atom stereocenters. The summed E-state index contributed by atoms with van der Waals surface area (Å²) in [5, 5.41) is 6.19. The molecular formula is C28H27F3N4O2S. The fourth-order valence-corrected chi connectivity index (χ4v) is 4.89. The van der Waals surface area contributed by atoms with Crippen LogP contribution in [-0.2, 0) is 12.7 Å². The summed E-state index contributed by atoms with van der Waals surface area (Å²) in [4.78, 5) is 20.4. The van der Waals surface area contributed by atoms with Crippen LogP contribution in [0.1, 0.15) is 58.0 Å². The summed E-state index contributed by atoms with van der Waals surface area (Å²) in [6, 6.07) is 17.5. The van der Waals surface area contributed by atoms with Crippen LogP contribution in [0.4, 0.5) is 13.2 Å². The van der Waals surface area contributed by atoms with E-state index in [9.17, 15) is 18.0 Å². The molecule has 4 rings (SSSR count). The zero-order valence-corrected chi connectivity index (χ0v) is 21.9. The molecule has 0 saturated heterocycles. The molecule has 0 bridgehead atoms. The number of hydrogen-bond donors (Lipinski definition) is 2. The van der Waals surface area contributed by atoms with Gasteiger partial charge in [-0.05, 0) is 60.9 Å². The smallest absolute Gasteiger partial charge is 0.435 e. The van der Waals surface area contributed by atoms with Crippen LogP contribution in [-0.4, -0.2) is 23.0 Å². The van der Waals surface area contributed by atoms with Crippen molar-refractivity contribution in [3.05, 3.63) is 100 Å². The van der Waals surface area contributed by atoms with Gasteiger partial charge in [0.1, 0.15) is 15.6 Å². The van der Waals surface area contributed by atoms with E-state index in [-0.39, 0.29) is 11.0 Å². The van der Waals surface area contributed by atoms with Crippen molar-refractivity contribution in [1.29, 1.82) is 0 Å². The van der Waals surface area contributed by atoms with E-state index in [4.69, 9.17) is 4.74 Å². The summed E-state index contributed by atoms with van der Waals surface area (Å²) >= 11 is 0.727. The molecule has 198 valence electrons. The van der Waals surface area contributed by atoms with Gasteiger partial charge >= 0.3 is 6.18 Å². The van der Waals surface area contributed by atoms with E-state index in [1.807, 2.05) is 25.1 Å². The van der Waals surface area contributed by atoms with Crippen LogP contribution in [0.25, 0.3) is 10.6 Å². The molecule has 0 fully saturated rings. The maximum Gasteiger partial charge on any atom is 0.435 e. The van der Waals surface area contributed by atoms with Crippen LogP contribution in [0, 0.1) is 0 Å². The molecule has 0 radical (unpaired) electrons. The minimum absolute atomic E-state index is 0.0558. The Hall–Kier alpha value is -3.76. The molecule has 38 heavy (non-hydrogen) atoms. The first-order chi connectivity index (χ1) is 18.2. The highest BCUT2D eigenvalue weighted by Crippen LogP contribution is 2.38. The molecule has 1 amide bonds. The number of carbonyl (C=O) groups is 1. The van der Waals surface area contributed by atoms with Crippen molar-refractivity contribution in [2.45, 2.75) is 38.7 Å². The largest absolute Gasteiger partial charge is 0.497 e. The first-order valence-electron chi connectivity index (χ1n) is 11.9. The Bertz CT molecular complexity index is 1390. The van der Waals surface area contributed by atoms with Crippen molar-refractivity contribution < 1.29 is 22.7 Å². The average molecular weight is 541 g/mol. The number of alkyl halides is 3. The molecule has 4 aromatic rings. The molecular weight excluding hydrogens is 513 g/mol. The summed E-state index contributed by atoms with van der Waals surface area (Å²) in [5.41, 5.74) is 1.98. The van der Waals surface area contributed by atoms with E-state index in [1.165, 1.54) is 7.11 Å². The Kier molecular flexibility index (Phi) is 8.43. The van der Waals surface area contributed by atoms with Gasteiger partial charge in [-0.15, -0.1) is 11.3 Å². The second-order valence-electron chi connectivity index (χ2n) is 8.75. The Morgan fingerprint density at radius 2 is 1.74 bits per heavy atom. The summed E-state index contributed by atoms with van der Waals surface area (Å²) in [6.07, 6.45) is -1.33. The molecule has 2 aromatic heterocycles. The molecule has 0 saturated carbocycles. The summed E-state index contributed by atoms with van der Waals surface area (Å²) in [5.74, 6) is -0.246. The molecule has 0 spiro atoms. The maximum absolute atomic E-state index is 13.9. The Labute approximate surface area is 222 Å². The van der Waals surface area contributed by atoms with E-state index in [0.29, 0.717) is 23.4 Å². The van der Waals surface area contributed by atoms with Crippen LogP contribution in [0.2, 0.25) is 0 Å². The first-order valence-corrected chi connectivity index (χ1v) is 12.7. The topological polar surface area (TPSA) is 76.1 Å². The number of hydrogen-bond acceptors (Lipinski definition) is 6. The van der Waals surface area contributed by atoms with Crippen molar-refractivity contribution in [2.75, 3.05) is 7.11 Å². The minimum atomic E-state index is -4.78. The number of pyridine rings is 1. The lowest BCUT2D eigenvalue weighted by Gasteiger charge is -2.15. The van der Waals surface area contributed by atoms with E-state index in [1.54, 1.807) is 61.8 Å².